The van der Waals surface area contributed by atoms with Gasteiger partial charge in [0.05, 0.1) is 17.6 Å². The second-order valence-corrected chi connectivity index (χ2v) is 7.81. The number of fused-ring (bicyclic) bond motifs is 1. The SMILES string of the molecule is CCOC(OCC)[C@@H](C)N(Cc1cccc2cccnc12)C(=O)[C@@H](N)CCCCNC(=O)O. The first-order valence-electron chi connectivity index (χ1n) is 11.5. The van der Waals surface area contributed by atoms with Crippen LogP contribution in [0.2, 0.25) is 0 Å². The summed E-state index contributed by atoms with van der Waals surface area (Å²) in [5.41, 5.74) is 8.04. The maximum atomic E-state index is 13.5. The van der Waals surface area contributed by atoms with Crippen molar-refractivity contribution in [2.45, 2.75) is 65.0 Å². The number of carbonyl (C=O) groups is 2. The molecule has 1 aromatic carbocycles. The van der Waals surface area contributed by atoms with Crippen molar-refractivity contribution in [3.63, 3.8) is 0 Å². The van der Waals surface area contributed by atoms with Gasteiger partial charge in [0.1, 0.15) is 0 Å². The molecule has 0 saturated carbocycles. The largest absolute Gasteiger partial charge is 0.465 e. The van der Waals surface area contributed by atoms with Gasteiger partial charge < -0.3 is 30.5 Å². The number of aromatic nitrogens is 1. The summed E-state index contributed by atoms with van der Waals surface area (Å²) in [6.07, 6.45) is 1.78. The number of nitrogens with two attached hydrogens (primary N) is 1. The molecule has 0 bridgehead atoms. The van der Waals surface area contributed by atoms with Crippen molar-refractivity contribution < 1.29 is 24.2 Å². The normalized spacial score (nSPS) is 13.1. The molecule has 0 spiro atoms. The summed E-state index contributed by atoms with van der Waals surface area (Å²) in [6, 6.07) is 8.67. The molecule has 9 nitrogen and oxygen atoms in total. The highest BCUT2D eigenvalue weighted by Crippen LogP contribution is 2.22. The van der Waals surface area contributed by atoms with Crippen LogP contribution < -0.4 is 11.1 Å². The van der Waals surface area contributed by atoms with Crippen LogP contribution in [-0.4, -0.2) is 65.1 Å². The second-order valence-electron chi connectivity index (χ2n) is 7.81. The number of unbranched alkanes of at least 4 members (excludes halogenated alkanes) is 1. The Kier molecular flexibility index (Phi) is 11.0. The van der Waals surface area contributed by atoms with Gasteiger partial charge in [-0.25, -0.2) is 4.79 Å². The van der Waals surface area contributed by atoms with Crippen molar-refractivity contribution in [3.05, 3.63) is 42.1 Å². The van der Waals surface area contributed by atoms with Gasteiger partial charge in [0, 0.05) is 37.9 Å². The molecular weight excluding hydrogens is 424 g/mol. The highest BCUT2D eigenvalue weighted by atomic mass is 16.7. The molecule has 2 rings (SSSR count). The van der Waals surface area contributed by atoms with Gasteiger partial charge >= 0.3 is 6.09 Å². The summed E-state index contributed by atoms with van der Waals surface area (Å²) < 4.78 is 11.6. The van der Waals surface area contributed by atoms with Crippen LogP contribution in [0.15, 0.2) is 36.5 Å². The summed E-state index contributed by atoms with van der Waals surface area (Å²) >= 11 is 0. The lowest BCUT2D eigenvalue weighted by atomic mass is 10.0. The van der Waals surface area contributed by atoms with Crippen LogP contribution in [0.5, 0.6) is 0 Å². The van der Waals surface area contributed by atoms with Gasteiger partial charge in [0.15, 0.2) is 6.29 Å². The number of hydrogen-bond acceptors (Lipinski definition) is 6. The predicted octanol–water partition coefficient (Wildman–Crippen LogP) is 3.12. The minimum atomic E-state index is -1.06. The van der Waals surface area contributed by atoms with Crippen molar-refractivity contribution in [1.82, 2.24) is 15.2 Å². The molecule has 0 radical (unpaired) electrons. The maximum absolute atomic E-state index is 13.5. The average molecular weight is 461 g/mol. The second kappa shape index (κ2) is 13.7. The Labute approximate surface area is 195 Å². The number of pyridine rings is 1. The molecule has 2 atom stereocenters. The molecule has 182 valence electrons. The lowest BCUT2D eigenvalue weighted by molar-refractivity contribution is -0.179. The zero-order valence-corrected chi connectivity index (χ0v) is 19.7. The number of nitrogens with one attached hydrogen (secondary N) is 1. The molecule has 33 heavy (non-hydrogen) atoms. The van der Waals surface area contributed by atoms with Gasteiger partial charge in [-0.15, -0.1) is 0 Å². The van der Waals surface area contributed by atoms with Crippen LogP contribution in [0.3, 0.4) is 0 Å². The van der Waals surface area contributed by atoms with Crippen LogP contribution >= 0.6 is 0 Å². The van der Waals surface area contributed by atoms with E-state index in [0.29, 0.717) is 45.6 Å². The number of carbonyl (C=O) groups excluding carboxylic acids is 1. The average Bonchev–Trinajstić information content (AvgIpc) is 2.81. The highest BCUT2D eigenvalue weighted by Gasteiger charge is 2.31. The number of para-hydroxylation sites is 1. The van der Waals surface area contributed by atoms with Gasteiger partial charge in [0.2, 0.25) is 5.91 Å². The fraction of sp³-hybridized carbons (Fsp3) is 0.542. The Morgan fingerprint density at radius 1 is 1.15 bits per heavy atom. The lowest BCUT2D eigenvalue weighted by Gasteiger charge is -2.36. The topological polar surface area (TPSA) is 127 Å². The minimum Gasteiger partial charge on any atom is -0.465 e. The van der Waals surface area contributed by atoms with Crippen LogP contribution in [-0.2, 0) is 20.8 Å². The Morgan fingerprint density at radius 2 is 1.85 bits per heavy atom. The van der Waals surface area contributed by atoms with E-state index in [1.54, 1.807) is 11.1 Å². The monoisotopic (exact) mass is 460 g/mol. The summed E-state index contributed by atoms with van der Waals surface area (Å²) in [4.78, 5) is 30.3. The van der Waals surface area contributed by atoms with Crippen molar-refractivity contribution in [2.75, 3.05) is 19.8 Å². The van der Waals surface area contributed by atoms with Crippen molar-refractivity contribution in [2.24, 2.45) is 5.73 Å². The third-order valence-electron chi connectivity index (χ3n) is 5.42. The first-order valence-corrected chi connectivity index (χ1v) is 11.5. The van der Waals surface area contributed by atoms with Crippen molar-refractivity contribution >= 4 is 22.9 Å². The third kappa shape index (κ3) is 7.96. The van der Waals surface area contributed by atoms with Crippen LogP contribution in [0.1, 0.15) is 45.6 Å². The minimum absolute atomic E-state index is 0.203. The molecule has 4 N–H and O–H groups in total. The Bertz CT molecular complexity index is 883. The fourth-order valence-corrected chi connectivity index (χ4v) is 3.72. The zero-order valence-electron chi connectivity index (χ0n) is 19.7. The number of carboxylic acid groups (broad SMARTS) is 1. The molecule has 0 aliphatic heterocycles. The van der Waals surface area contributed by atoms with E-state index in [1.807, 2.05) is 51.1 Å². The molecule has 0 aliphatic rings. The molecule has 0 aliphatic carbocycles. The molecule has 0 fully saturated rings. The zero-order chi connectivity index (χ0) is 24.2. The predicted molar refractivity (Wildman–Crippen MR) is 127 cm³/mol. The molecule has 9 heteroatoms. The van der Waals surface area contributed by atoms with Gasteiger partial charge in [0.25, 0.3) is 0 Å². The Morgan fingerprint density at radius 3 is 2.52 bits per heavy atom. The molecular formula is C24H36N4O5. The highest BCUT2D eigenvalue weighted by molar-refractivity contribution is 5.84. The molecule has 0 unspecified atom stereocenters. The number of rotatable bonds is 14. The smallest absolute Gasteiger partial charge is 0.404 e. The third-order valence-corrected chi connectivity index (χ3v) is 5.42. The van der Waals surface area contributed by atoms with Crippen molar-refractivity contribution in [3.8, 4) is 0 Å². The molecule has 2 aromatic rings. The molecule has 1 heterocycles. The molecule has 2 amide bonds. The summed E-state index contributed by atoms with van der Waals surface area (Å²) in [7, 11) is 0. The van der Waals surface area contributed by atoms with E-state index < -0.39 is 18.4 Å². The van der Waals surface area contributed by atoms with Crippen molar-refractivity contribution in [1.29, 1.82) is 0 Å². The first kappa shape index (κ1) is 26.5. The molecule has 1 aromatic heterocycles. The van der Waals surface area contributed by atoms with E-state index in [1.165, 1.54) is 0 Å². The number of benzene rings is 1. The van der Waals surface area contributed by atoms with E-state index in [2.05, 4.69) is 10.3 Å². The molecule has 0 saturated heterocycles. The van der Waals surface area contributed by atoms with Crippen LogP contribution in [0.4, 0.5) is 4.79 Å². The van der Waals surface area contributed by atoms with E-state index in [4.69, 9.17) is 20.3 Å². The number of nitrogens with zero attached hydrogens (tertiary/aromatic N) is 2. The Hall–Kier alpha value is -2.75. The van der Waals surface area contributed by atoms with E-state index >= 15 is 0 Å². The number of amides is 2. The summed E-state index contributed by atoms with van der Waals surface area (Å²) in [5, 5.41) is 12.0. The Balaban J connectivity index is 2.22. The van der Waals surface area contributed by atoms with E-state index in [0.717, 1.165) is 16.5 Å². The van der Waals surface area contributed by atoms with Gasteiger partial charge in [-0.2, -0.15) is 0 Å². The van der Waals surface area contributed by atoms with Crippen LogP contribution in [0, 0.1) is 0 Å². The van der Waals surface area contributed by atoms with E-state index in [9.17, 15) is 9.59 Å². The van der Waals surface area contributed by atoms with Crippen LogP contribution in [0.25, 0.3) is 10.9 Å². The van der Waals surface area contributed by atoms with Gasteiger partial charge in [-0.1, -0.05) is 24.3 Å². The van der Waals surface area contributed by atoms with Gasteiger partial charge in [-0.3, -0.25) is 9.78 Å². The maximum Gasteiger partial charge on any atom is 0.404 e. The number of hydrogen-bond donors (Lipinski definition) is 3. The van der Waals surface area contributed by atoms with Gasteiger partial charge in [-0.05, 0) is 51.7 Å². The summed E-state index contributed by atoms with van der Waals surface area (Å²) in [6.45, 7) is 7.22. The first-order chi connectivity index (χ1) is 15.9. The quantitative estimate of drug-likeness (QED) is 0.292. The lowest BCUT2D eigenvalue weighted by Crippen LogP contribution is -2.52. The van der Waals surface area contributed by atoms with E-state index in [-0.39, 0.29) is 11.9 Å². The fourth-order valence-electron chi connectivity index (χ4n) is 3.72. The number of ether oxygens (including phenoxy) is 2. The summed E-state index contributed by atoms with van der Waals surface area (Å²) in [5.74, 6) is -0.203. The standard InChI is InChI=1S/C24H36N4O5/c1-4-32-23(33-5-2)17(3)28(22(29)20(25)13-6-7-14-27-24(30)31)16-19-11-8-10-18-12-9-15-26-21(18)19/h8-12,15,17,20,23,27H,4-7,13-14,16,25H2,1-3H3,(H,30,31)/t17-,20+/m1/s1.